The lowest BCUT2D eigenvalue weighted by molar-refractivity contribution is 0.0499. The molecule has 1 amide bonds. The van der Waals surface area contributed by atoms with Gasteiger partial charge in [0.05, 0.1) is 12.6 Å². The maximum atomic E-state index is 13.3. The number of hydrogen-bond acceptors (Lipinski definition) is 3. The van der Waals surface area contributed by atoms with Gasteiger partial charge in [-0.05, 0) is 54.8 Å². The molecular formula is C23H23Cl2N3O2. The van der Waals surface area contributed by atoms with Crippen LogP contribution in [0, 0.1) is 0 Å². The molecule has 0 unspecified atom stereocenters. The fraction of sp³-hybridized carbons (Fsp3) is 0.304. The summed E-state index contributed by atoms with van der Waals surface area (Å²) in [7, 11) is 0. The Labute approximate surface area is 186 Å². The minimum Gasteiger partial charge on any atom is -0.376 e. The lowest BCUT2D eigenvalue weighted by atomic mass is 10.1. The van der Waals surface area contributed by atoms with E-state index in [0.717, 1.165) is 30.8 Å². The van der Waals surface area contributed by atoms with Gasteiger partial charge in [-0.25, -0.2) is 4.98 Å². The monoisotopic (exact) mass is 443 g/mol. The predicted octanol–water partition coefficient (Wildman–Crippen LogP) is 5.06. The maximum Gasteiger partial charge on any atom is 0.254 e. The Bertz CT molecular complexity index is 998. The van der Waals surface area contributed by atoms with E-state index in [1.807, 2.05) is 39.9 Å². The van der Waals surface area contributed by atoms with Crippen molar-refractivity contribution in [2.75, 3.05) is 13.2 Å². The summed E-state index contributed by atoms with van der Waals surface area (Å²) in [6.45, 7) is 2.32. The summed E-state index contributed by atoms with van der Waals surface area (Å²) >= 11 is 12.1. The molecule has 1 aliphatic rings. The number of aromatic nitrogens is 2. The van der Waals surface area contributed by atoms with Crippen molar-refractivity contribution >= 4 is 29.1 Å². The molecule has 1 atom stereocenters. The first-order valence-corrected chi connectivity index (χ1v) is 10.7. The fourth-order valence-electron chi connectivity index (χ4n) is 3.67. The van der Waals surface area contributed by atoms with Crippen molar-refractivity contribution in [3.63, 3.8) is 0 Å². The molecule has 30 heavy (non-hydrogen) atoms. The molecule has 2 heterocycles. The van der Waals surface area contributed by atoms with Crippen LogP contribution in [-0.2, 0) is 17.8 Å². The number of hydrogen-bond donors (Lipinski definition) is 0. The second-order valence-corrected chi connectivity index (χ2v) is 8.30. The van der Waals surface area contributed by atoms with Crippen molar-refractivity contribution in [1.82, 2.24) is 14.5 Å². The Morgan fingerprint density at radius 2 is 2.00 bits per heavy atom. The van der Waals surface area contributed by atoms with E-state index in [1.165, 1.54) is 0 Å². The number of ether oxygens (including phenoxy) is 1. The van der Waals surface area contributed by atoms with Crippen LogP contribution in [0.25, 0.3) is 0 Å². The van der Waals surface area contributed by atoms with Gasteiger partial charge in [0.1, 0.15) is 5.82 Å². The summed E-state index contributed by atoms with van der Waals surface area (Å²) in [5.74, 6) is 0.759. The van der Waals surface area contributed by atoms with Crippen LogP contribution < -0.4 is 0 Å². The van der Waals surface area contributed by atoms with E-state index in [9.17, 15) is 4.79 Å². The van der Waals surface area contributed by atoms with Gasteiger partial charge in [-0.3, -0.25) is 4.79 Å². The highest BCUT2D eigenvalue weighted by molar-refractivity contribution is 6.30. The number of benzene rings is 2. The summed E-state index contributed by atoms with van der Waals surface area (Å²) < 4.78 is 7.83. The Hall–Kier alpha value is -2.34. The second-order valence-electron chi connectivity index (χ2n) is 7.43. The standard InChI is InChI=1S/C23H23Cl2N3O2/c24-19-8-6-18(7-9-19)23(29)28(15-21-5-2-12-30-21)16-22-26-10-11-27(22)14-17-3-1-4-20(25)13-17/h1,3-4,6-11,13,21H,2,5,12,14-16H2/t21-/m1/s1. The van der Waals surface area contributed by atoms with Crippen molar-refractivity contribution < 1.29 is 9.53 Å². The van der Waals surface area contributed by atoms with Crippen LogP contribution in [-0.4, -0.2) is 39.6 Å². The molecular weight excluding hydrogens is 421 g/mol. The molecule has 2 aromatic carbocycles. The molecule has 0 aliphatic carbocycles. The van der Waals surface area contributed by atoms with Crippen molar-refractivity contribution in [3.05, 3.63) is 87.9 Å². The highest BCUT2D eigenvalue weighted by atomic mass is 35.5. The van der Waals surface area contributed by atoms with E-state index in [2.05, 4.69) is 4.98 Å². The third kappa shape index (κ3) is 5.22. The number of carbonyl (C=O) groups excluding carboxylic acids is 1. The first kappa shape index (κ1) is 20.9. The molecule has 4 rings (SSSR count). The lowest BCUT2D eigenvalue weighted by Gasteiger charge is -2.26. The van der Waals surface area contributed by atoms with E-state index in [0.29, 0.717) is 35.2 Å². The van der Waals surface area contributed by atoms with E-state index in [4.69, 9.17) is 27.9 Å². The number of nitrogens with zero attached hydrogens (tertiary/aromatic N) is 3. The van der Waals surface area contributed by atoms with Gasteiger partial charge in [0.15, 0.2) is 0 Å². The average molecular weight is 444 g/mol. The molecule has 5 nitrogen and oxygen atoms in total. The van der Waals surface area contributed by atoms with Crippen LogP contribution in [0.4, 0.5) is 0 Å². The number of amides is 1. The maximum absolute atomic E-state index is 13.3. The van der Waals surface area contributed by atoms with Crippen molar-refractivity contribution in [2.24, 2.45) is 0 Å². The van der Waals surface area contributed by atoms with Crippen LogP contribution in [0.15, 0.2) is 60.9 Å². The smallest absolute Gasteiger partial charge is 0.254 e. The Balaban J connectivity index is 1.55. The van der Waals surface area contributed by atoms with E-state index < -0.39 is 0 Å². The number of halogens is 2. The molecule has 1 aliphatic heterocycles. The van der Waals surface area contributed by atoms with Gasteiger partial charge in [0.25, 0.3) is 5.91 Å². The average Bonchev–Trinajstić information content (AvgIpc) is 3.40. The zero-order valence-electron chi connectivity index (χ0n) is 16.5. The van der Waals surface area contributed by atoms with Gasteiger partial charge < -0.3 is 14.2 Å². The summed E-state index contributed by atoms with van der Waals surface area (Å²) in [5.41, 5.74) is 1.68. The molecule has 0 N–H and O–H groups in total. The van der Waals surface area contributed by atoms with Crippen molar-refractivity contribution in [3.8, 4) is 0 Å². The molecule has 0 bridgehead atoms. The summed E-state index contributed by atoms with van der Waals surface area (Å²) in [5, 5.41) is 1.31. The highest BCUT2D eigenvalue weighted by Crippen LogP contribution is 2.19. The van der Waals surface area contributed by atoms with Gasteiger partial charge in [-0.15, -0.1) is 0 Å². The lowest BCUT2D eigenvalue weighted by Crippen LogP contribution is -2.37. The Morgan fingerprint density at radius 1 is 1.17 bits per heavy atom. The quantitative estimate of drug-likeness (QED) is 0.512. The highest BCUT2D eigenvalue weighted by Gasteiger charge is 2.25. The number of imidazole rings is 1. The van der Waals surface area contributed by atoms with Crippen LogP contribution in [0.5, 0.6) is 0 Å². The topological polar surface area (TPSA) is 47.4 Å². The first-order valence-electron chi connectivity index (χ1n) is 9.99. The van der Waals surface area contributed by atoms with Crippen LogP contribution in [0.1, 0.15) is 34.6 Å². The largest absolute Gasteiger partial charge is 0.376 e. The second kappa shape index (κ2) is 9.65. The first-order chi connectivity index (χ1) is 14.6. The minimum atomic E-state index is -0.0560. The zero-order valence-corrected chi connectivity index (χ0v) is 18.0. The van der Waals surface area contributed by atoms with E-state index >= 15 is 0 Å². The molecule has 1 saturated heterocycles. The van der Waals surface area contributed by atoms with Crippen molar-refractivity contribution in [1.29, 1.82) is 0 Å². The SMILES string of the molecule is O=C(c1ccc(Cl)cc1)N(Cc1nccn1Cc1cccc(Cl)c1)C[C@H]1CCCO1. The third-order valence-corrected chi connectivity index (χ3v) is 5.69. The normalized spacial score (nSPS) is 16.0. The van der Waals surface area contributed by atoms with Crippen molar-refractivity contribution in [2.45, 2.75) is 32.0 Å². The predicted molar refractivity (Wildman–Crippen MR) is 118 cm³/mol. The molecule has 1 fully saturated rings. The summed E-state index contributed by atoms with van der Waals surface area (Å²) in [6, 6.07) is 14.7. The fourth-order valence-corrected chi connectivity index (χ4v) is 4.01. The van der Waals surface area contributed by atoms with Gasteiger partial charge in [0.2, 0.25) is 0 Å². The molecule has 0 saturated carbocycles. The Morgan fingerprint density at radius 3 is 2.73 bits per heavy atom. The van der Waals surface area contributed by atoms with E-state index in [1.54, 1.807) is 30.5 Å². The summed E-state index contributed by atoms with van der Waals surface area (Å²) in [6.07, 6.45) is 5.72. The van der Waals surface area contributed by atoms with E-state index in [-0.39, 0.29) is 12.0 Å². The molecule has 0 spiro atoms. The van der Waals surface area contributed by atoms with Gasteiger partial charge in [-0.1, -0.05) is 35.3 Å². The van der Waals surface area contributed by atoms with Gasteiger partial charge >= 0.3 is 0 Å². The van der Waals surface area contributed by atoms with Gasteiger partial charge in [-0.2, -0.15) is 0 Å². The van der Waals surface area contributed by atoms with Crippen LogP contribution in [0.2, 0.25) is 10.0 Å². The Kier molecular flexibility index (Phi) is 6.72. The third-order valence-electron chi connectivity index (χ3n) is 5.20. The zero-order chi connectivity index (χ0) is 20.9. The van der Waals surface area contributed by atoms with Crippen LogP contribution >= 0.6 is 23.2 Å². The minimum absolute atomic E-state index is 0.0533. The molecule has 0 radical (unpaired) electrons. The molecule has 1 aromatic heterocycles. The molecule has 7 heteroatoms. The summed E-state index contributed by atoms with van der Waals surface area (Å²) in [4.78, 5) is 19.6. The molecule has 3 aromatic rings. The van der Waals surface area contributed by atoms with Gasteiger partial charge in [0, 0.05) is 47.7 Å². The number of carbonyl (C=O) groups is 1. The molecule has 156 valence electrons. The number of rotatable bonds is 7. The van der Waals surface area contributed by atoms with Crippen LogP contribution in [0.3, 0.4) is 0 Å².